The van der Waals surface area contributed by atoms with Crippen LogP contribution in [-0.2, 0) is 11.2 Å². The van der Waals surface area contributed by atoms with E-state index in [0.29, 0.717) is 0 Å². The third-order valence-electron chi connectivity index (χ3n) is 2.21. The van der Waals surface area contributed by atoms with Crippen LogP contribution in [0.3, 0.4) is 0 Å². The Balaban J connectivity index is 2.50. The van der Waals surface area contributed by atoms with Gasteiger partial charge in [0, 0.05) is 6.61 Å². The smallest absolute Gasteiger partial charge is 0.307 e. The summed E-state index contributed by atoms with van der Waals surface area (Å²) in [5.41, 5.74) is 2.18. The van der Waals surface area contributed by atoms with Crippen molar-refractivity contribution in [1.82, 2.24) is 0 Å². The third-order valence-corrected chi connectivity index (χ3v) is 2.21. The van der Waals surface area contributed by atoms with E-state index in [1.165, 1.54) is 5.56 Å². The number of benzene rings is 1. The second-order valence-electron chi connectivity index (χ2n) is 3.57. The highest BCUT2D eigenvalue weighted by molar-refractivity contribution is 5.70. The van der Waals surface area contributed by atoms with Crippen LogP contribution in [-0.4, -0.2) is 22.8 Å². The molecule has 0 radical (unpaired) electrons. The molecule has 0 saturated heterocycles. The summed E-state index contributed by atoms with van der Waals surface area (Å²) in [5, 5.41) is 17.1. The topological polar surface area (TPSA) is 57.5 Å². The highest BCUT2D eigenvalue weighted by Crippen LogP contribution is 2.08. The van der Waals surface area contributed by atoms with E-state index in [1.807, 2.05) is 24.3 Å². The number of carboxylic acids is 1. The lowest BCUT2D eigenvalue weighted by molar-refractivity contribution is -0.135. The minimum absolute atomic E-state index is 0.0479. The largest absolute Gasteiger partial charge is 0.481 e. The van der Waals surface area contributed by atoms with Crippen LogP contribution in [0.5, 0.6) is 0 Å². The van der Waals surface area contributed by atoms with Crippen molar-refractivity contribution in [2.45, 2.75) is 19.3 Å². The summed E-state index contributed by atoms with van der Waals surface area (Å²) in [7, 11) is 0. The molecule has 0 aliphatic rings. The second-order valence-corrected chi connectivity index (χ2v) is 3.57. The summed E-state index contributed by atoms with van der Waals surface area (Å²) in [6, 6.07) is 7.89. The maximum Gasteiger partial charge on any atom is 0.307 e. The van der Waals surface area contributed by atoms with Gasteiger partial charge in [-0.3, -0.25) is 4.79 Å². The van der Waals surface area contributed by atoms with Crippen LogP contribution in [0.25, 0.3) is 6.08 Å². The molecule has 0 fully saturated rings. The number of aliphatic carboxylic acids is 1. The number of hydrogen-bond acceptors (Lipinski definition) is 2. The van der Waals surface area contributed by atoms with Crippen LogP contribution < -0.4 is 0 Å². The Labute approximate surface area is 95.0 Å². The van der Waals surface area contributed by atoms with Gasteiger partial charge in [0.25, 0.3) is 0 Å². The molecule has 3 nitrogen and oxygen atoms in total. The van der Waals surface area contributed by atoms with Crippen molar-refractivity contribution in [3.63, 3.8) is 0 Å². The number of hydrogen-bond donors (Lipinski definition) is 2. The van der Waals surface area contributed by atoms with Gasteiger partial charge in [0.05, 0.1) is 6.42 Å². The van der Waals surface area contributed by atoms with Gasteiger partial charge >= 0.3 is 5.97 Å². The summed E-state index contributed by atoms with van der Waals surface area (Å²) >= 11 is 0. The van der Waals surface area contributed by atoms with Crippen molar-refractivity contribution in [3.05, 3.63) is 41.5 Å². The van der Waals surface area contributed by atoms with Crippen LogP contribution in [0.1, 0.15) is 24.0 Å². The number of carbonyl (C=O) groups is 1. The maximum atomic E-state index is 10.3. The number of carboxylic acid groups (broad SMARTS) is 1. The summed E-state index contributed by atoms with van der Waals surface area (Å²) in [6.07, 6.45) is 5.12. The van der Waals surface area contributed by atoms with Gasteiger partial charge in [-0.15, -0.1) is 0 Å². The zero-order chi connectivity index (χ0) is 11.8. The normalized spacial score (nSPS) is 10.8. The number of aryl methyl sites for hydroxylation is 1. The molecule has 0 aliphatic heterocycles. The van der Waals surface area contributed by atoms with E-state index >= 15 is 0 Å². The fourth-order valence-electron chi connectivity index (χ4n) is 1.37. The lowest BCUT2D eigenvalue weighted by Gasteiger charge is -1.99. The highest BCUT2D eigenvalue weighted by Gasteiger charge is 1.93. The van der Waals surface area contributed by atoms with Crippen molar-refractivity contribution in [2.24, 2.45) is 0 Å². The molecule has 0 aliphatic carbocycles. The summed E-state index contributed by atoms with van der Waals surface area (Å²) in [4.78, 5) is 10.3. The molecular formula is C13H16O3. The zero-order valence-corrected chi connectivity index (χ0v) is 9.10. The fourth-order valence-corrected chi connectivity index (χ4v) is 1.37. The van der Waals surface area contributed by atoms with Gasteiger partial charge in [-0.1, -0.05) is 36.4 Å². The van der Waals surface area contributed by atoms with Crippen molar-refractivity contribution < 1.29 is 15.0 Å². The fraction of sp³-hybridized carbons (Fsp3) is 0.308. The molecule has 0 aromatic heterocycles. The van der Waals surface area contributed by atoms with Crippen LogP contribution in [0.4, 0.5) is 0 Å². The Hall–Kier alpha value is -1.61. The van der Waals surface area contributed by atoms with Gasteiger partial charge < -0.3 is 10.2 Å². The van der Waals surface area contributed by atoms with Gasteiger partial charge in [0.1, 0.15) is 0 Å². The van der Waals surface area contributed by atoms with E-state index in [0.717, 1.165) is 18.4 Å². The molecule has 0 heterocycles. The Morgan fingerprint density at radius 3 is 2.50 bits per heavy atom. The van der Waals surface area contributed by atoms with Crippen LogP contribution >= 0.6 is 0 Å². The first-order chi connectivity index (χ1) is 7.72. The molecule has 0 atom stereocenters. The van der Waals surface area contributed by atoms with E-state index in [-0.39, 0.29) is 13.0 Å². The van der Waals surface area contributed by atoms with Gasteiger partial charge in [0.2, 0.25) is 0 Å². The van der Waals surface area contributed by atoms with E-state index < -0.39 is 5.97 Å². The number of aliphatic hydroxyl groups is 1. The molecule has 0 saturated carbocycles. The molecule has 86 valence electrons. The molecular weight excluding hydrogens is 204 g/mol. The van der Waals surface area contributed by atoms with E-state index in [1.54, 1.807) is 12.2 Å². The summed E-state index contributed by atoms with van der Waals surface area (Å²) < 4.78 is 0. The quantitative estimate of drug-likeness (QED) is 0.771. The van der Waals surface area contributed by atoms with Crippen molar-refractivity contribution >= 4 is 12.0 Å². The maximum absolute atomic E-state index is 10.3. The Morgan fingerprint density at radius 2 is 1.94 bits per heavy atom. The predicted octanol–water partition coefficient (Wildman–Crippen LogP) is 2.10. The first-order valence-electron chi connectivity index (χ1n) is 5.30. The first-order valence-corrected chi connectivity index (χ1v) is 5.30. The molecule has 3 heteroatoms. The molecule has 2 N–H and O–H groups in total. The molecule has 0 amide bonds. The molecule has 1 rings (SSSR count). The van der Waals surface area contributed by atoms with Gasteiger partial charge in [-0.2, -0.15) is 0 Å². The predicted molar refractivity (Wildman–Crippen MR) is 63.1 cm³/mol. The van der Waals surface area contributed by atoms with Crippen molar-refractivity contribution in [2.75, 3.05) is 6.61 Å². The monoisotopic (exact) mass is 220 g/mol. The van der Waals surface area contributed by atoms with Crippen LogP contribution in [0.15, 0.2) is 30.3 Å². The average Bonchev–Trinajstić information content (AvgIpc) is 2.27. The molecule has 16 heavy (non-hydrogen) atoms. The average molecular weight is 220 g/mol. The SMILES string of the molecule is O=C(O)CC=Cc1ccc(CCCO)cc1. The Morgan fingerprint density at radius 1 is 1.25 bits per heavy atom. The lowest BCUT2D eigenvalue weighted by atomic mass is 10.1. The third kappa shape index (κ3) is 4.75. The molecule has 1 aromatic rings. The van der Waals surface area contributed by atoms with E-state index in [4.69, 9.17) is 10.2 Å². The summed E-state index contributed by atoms with van der Waals surface area (Å²) in [5.74, 6) is -0.823. The minimum atomic E-state index is -0.823. The number of aliphatic hydroxyl groups excluding tert-OH is 1. The van der Waals surface area contributed by atoms with Gasteiger partial charge in [-0.25, -0.2) is 0 Å². The second kappa shape index (κ2) is 6.80. The lowest BCUT2D eigenvalue weighted by Crippen LogP contribution is -1.90. The Kier molecular flexibility index (Phi) is 5.29. The van der Waals surface area contributed by atoms with Crippen molar-refractivity contribution in [3.8, 4) is 0 Å². The van der Waals surface area contributed by atoms with E-state index in [9.17, 15) is 4.79 Å². The Bertz CT molecular complexity index is 352. The zero-order valence-electron chi connectivity index (χ0n) is 9.10. The molecule has 1 aromatic carbocycles. The minimum Gasteiger partial charge on any atom is -0.481 e. The van der Waals surface area contributed by atoms with Crippen LogP contribution in [0, 0.1) is 0 Å². The van der Waals surface area contributed by atoms with Crippen LogP contribution in [0.2, 0.25) is 0 Å². The molecule has 0 unspecified atom stereocenters. The van der Waals surface area contributed by atoms with E-state index in [2.05, 4.69) is 0 Å². The summed E-state index contributed by atoms with van der Waals surface area (Å²) in [6.45, 7) is 0.209. The first kappa shape index (κ1) is 12.5. The highest BCUT2D eigenvalue weighted by atomic mass is 16.4. The van der Waals surface area contributed by atoms with Gasteiger partial charge in [-0.05, 0) is 24.0 Å². The molecule has 0 spiro atoms. The van der Waals surface area contributed by atoms with Crippen molar-refractivity contribution in [1.29, 1.82) is 0 Å². The number of rotatable bonds is 6. The molecule has 0 bridgehead atoms. The van der Waals surface area contributed by atoms with Gasteiger partial charge in [0.15, 0.2) is 0 Å². The standard InChI is InChI=1S/C13H16O3/c14-10-2-4-12-8-6-11(7-9-12)3-1-5-13(15)16/h1,3,6-9,14H,2,4-5,10H2,(H,15,16).